The smallest absolute Gasteiger partial charge is 0.280 e. The summed E-state index contributed by atoms with van der Waals surface area (Å²) >= 11 is 0. The minimum atomic E-state index is -0.550. The van der Waals surface area contributed by atoms with E-state index in [0.29, 0.717) is 24.6 Å². The quantitative estimate of drug-likeness (QED) is 0.585. The molecule has 1 aromatic rings. The largest absolute Gasteiger partial charge is 0.344 e. The second kappa shape index (κ2) is 9.00. The zero-order chi connectivity index (χ0) is 19.1. The lowest BCUT2D eigenvalue weighted by atomic mass is 10.1. The first-order valence-electron chi connectivity index (χ1n) is 8.39. The van der Waals surface area contributed by atoms with Gasteiger partial charge in [-0.25, -0.2) is 9.98 Å². The second-order valence-corrected chi connectivity index (χ2v) is 5.77. The van der Waals surface area contributed by atoms with Crippen molar-refractivity contribution >= 4 is 17.6 Å². The Balaban J connectivity index is 2.37. The molecule has 1 aliphatic rings. The third-order valence-corrected chi connectivity index (χ3v) is 4.05. The number of aliphatic imine (C=N–C) groups is 1. The fourth-order valence-electron chi connectivity index (χ4n) is 2.74. The molecule has 1 aromatic heterocycles. The lowest BCUT2D eigenvalue weighted by molar-refractivity contribution is -0.130. The highest BCUT2D eigenvalue weighted by atomic mass is 16.2. The maximum Gasteiger partial charge on any atom is 0.280 e. The van der Waals surface area contributed by atoms with Crippen molar-refractivity contribution in [2.75, 3.05) is 27.2 Å². The number of amidine groups is 1. The number of carbonyl (C=O) groups excluding carboxylic acids is 2. The van der Waals surface area contributed by atoms with Gasteiger partial charge in [0.25, 0.3) is 5.91 Å². The Morgan fingerprint density at radius 1 is 1.46 bits per heavy atom. The molecule has 0 spiro atoms. The number of hydrogen-bond acceptors (Lipinski definition) is 6. The maximum atomic E-state index is 12.9. The van der Waals surface area contributed by atoms with E-state index in [9.17, 15) is 9.59 Å². The summed E-state index contributed by atoms with van der Waals surface area (Å²) in [5.41, 5.74) is 0.749. The summed E-state index contributed by atoms with van der Waals surface area (Å²) in [6.07, 6.45) is 7.94. The number of aromatic nitrogens is 2. The molecule has 26 heavy (non-hydrogen) atoms. The molecule has 0 aliphatic carbocycles. The van der Waals surface area contributed by atoms with Crippen LogP contribution in [0.2, 0.25) is 0 Å². The molecule has 0 saturated carbocycles. The number of fused-ring (bicyclic) bond motifs is 1. The van der Waals surface area contributed by atoms with Gasteiger partial charge in [-0.3, -0.25) is 19.5 Å². The van der Waals surface area contributed by atoms with Crippen LogP contribution < -0.4 is 5.32 Å². The Morgan fingerprint density at radius 2 is 2.19 bits per heavy atom. The molecular weight excluding hydrogens is 332 g/mol. The Bertz CT molecular complexity index is 743. The highest BCUT2D eigenvalue weighted by Crippen LogP contribution is 2.34. The minimum absolute atomic E-state index is 0.0833. The highest BCUT2D eigenvalue weighted by molar-refractivity contribution is 6.12. The van der Waals surface area contributed by atoms with E-state index in [0.717, 1.165) is 0 Å². The number of hydrogen-bond donors (Lipinski definition) is 1. The molecule has 2 rings (SSSR count). The molecule has 2 amide bonds. The van der Waals surface area contributed by atoms with E-state index in [1.54, 1.807) is 24.1 Å². The summed E-state index contributed by atoms with van der Waals surface area (Å²) in [6, 6.07) is -0.550. The second-order valence-electron chi connectivity index (χ2n) is 5.77. The molecule has 1 N–H and O–H groups in total. The van der Waals surface area contributed by atoms with Crippen LogP contribution >= 0.6 is 0 Å². The zero-order valence-corrected chi connectivity index (χ0v) is 15.3. The fraction of sp³-hybridized carbons (Fsp3) is 0.389. The highest BCUT2D eigenvalue weighted by Gasteiger charge is 2.42. The topological polar surface area (TPSA) is 90.8 Å². The normalized spacial score (nSPS) is 16.9. The van der Waals surface area contributed by atoms with Gasteiger partial charge >= 0.3 is 0 Å². The maximum absolute atomic E-state index is 12.9. The van der Waals surface area contributed by atoms with E-state index in [-0.39, 0.29) is 23.9 Å². The molecule has 8 heteroatoms. The molecular formula is C18H24N6O2. The van der Waals surface area contributed by atoms with Crippen molar-refractivity contribution in [1.82, 2.24) is 25.1 Å². The average molecular weight is 356 g/mol. The molecule has 0 radical (unpaired) electrons. The van der Waals surface area contributed by atoms with Gasteiger partial charge in [-0.2, -0.15) is 0 Å². The summed E-state index contributed by atoms with van der Waals surface area (Å²) in [6.45, 7) is 6.69. The zero-order valence-electron chi connectivity index (χ0n) is 15.3. The molecule has 0 bridgehead atoms. The van der Waals surface area contributed by atoms with Crippen LogP contribution in [-0.2, 0) is 4.79 Å². The standard InChI is InChI=1S/C18H24N6O2/c1-5-7-14(20-6-2)24-13(12-15(25)23(4)11-10-19-3)16-17(18(24)26)22-9-8-21-16/h5-9,13,19H,2,10-12H2,1,3-4H3/b7-5-,20-14+/t13-/m0/s1. The first-order chi connectivity index (χ1) is 12.5. The van der Waals surface area contributed by atoms with Crippen molar-refractivity contribution < 1.29 is 9.59 Å². The van der Waals surface area contributed by atoms with Crippen LogP contribution in [0, 0.1) is 0 Å². The summed E-state index contributed by atoms with van der Waals surface area (Å²) in [4.78, 5) is 41.2. The van der Waals surface area contributed by atoms with Gasteiger partial charge in [0.2, 0.25) is 5.91 Å². The van der Waals surface area contributed by atoms with Gasteiger partial charge in [0.1, 0.15) is 5.84 Å². The Morgan fingerprint density at radius 3 is 2.85 bits per heavy atom. The number of amides is 2. The number of nitrogens with one attached hydrogen (secondary N) is 1. The lowest BCUT2D eigenvalue weighted by Crippen LogP contribution is -2.38. The lowest BCUT2D eigenvalue weighted by Gasteiger charge is -2.26. The van der Waals surface area contributed by atoms with E-state index < -0.39 is 6.04 Å². The van der Waals surface area contributed by atoms with Gasteiger partial charge in [-0.05, 0) is 20.0 Å². The first-order valence-corrected chi connectivity index (χ1v) is 8.39. The number of allylic oxidation sites excluding steroid dienone is 1. The average Bonchev–Trinajstić information content (AvgIpc) is 2.92. The number of rotatable bonds is 7. The van der Waals surface area contributed by atoms with E-state index in [2.05, 4.69) is 26.9 Å². The van der Waals surface area contributed by atoms with Gasteiger partial charge < -0.3 is 10.2 Å². The van der Waals surface area contributed by atoms with E-state index in [4.69, 9.17) is 0 Å². The first kappa shape index (κ1) is 19.5. The summed E-state index contributed by atoms with van der Waals surface area (Å²) in [5, 5.41) is 3.01. The van der Waals surface area contributed by atoms with Crippen molar-refractivity contribution in [3.63, 3.8) is 0 Å². The van der Waals surface area contributed by atoms with Crippen LogP contribution in [0.3, 0.4) is 0 Å². The molecule has 1 atom stereocenters. The van der Waals surface area contributed by atoms with Gasteiger partial charge in [-0.1, -0.05) is 12.7 Å². The van der Waals surface area contributed by atoms with Crippen molar-refractivity contribution in [2.45, 2.75) is 19.4 Å². The van der Waals surface area contributed by atoms with Crippen LogP contribution in [-0.4, -0.2) is 64.6 Å². The van der Waals surface area contributed by atoms with Gasteiger partial charge in [0.05, 0.1) is 18.2 Å². The Kier molecular flexibility index (Phi) is 6.74. The molecule has 8 nitrogen and oxygen atoms in total. The molecule has 138 valence electrons. The summed E-state index contributed by atoms with van der Waals surface area (Å²) < 4.78 is 0. The Hall–Kier alpha value is -2.87. The molecule has 0 aromatic carbocycles. The van der Waals surface area contributed by atoms with E-state index >= 15 is 0 Å². The predicted molar refractivity (Wildman–Crippen MR) is 99.6 cm³/mol. The molecule has 0 saturated heterocycles. The predicted octanol–water partition coefficient (Wildman–Crippen LogP) is 1.16. The summed E-state index contributed by atoms with van der Waals surface area (Å²) in [5.74, 6) is 0.00504. The third kappa shape index (κ3) is 4.02. The van der Waals surface area contributed by atoms with E-state index in [1.165, 1.54) is 23.5 Å². The monoisotopic (exact) mass is 356 g/mol. The van der Waals surface area contributed by atoms with Gasteiger partial charge in [0.15, 0.2) is 5.69 Å². The van der Waals surface area contributed by atoms with Crippen molar-refractivity contribution in [3.05, 3.63) is 48.7 Å². The van der Waals surface area contributed by atoms with Crippen molar-refractivity contribution in [2.24, 2.45) is 4.99 Å². The van der Waals surface area contributed by atoms with E-state index in [1.807, 2.05) is 14.0 Å². The number of nitrogens with zero attached hydrogens (tertiary/aromatic N) is 5. The minimum Gasteiger partial charge on any atom is -0.344 e. The van der Waals surface area contributed by atoms with Crippen LogP contribution in [0.25, 0.3) is 0 Å². The van der Waals surface area contributed by atoms with Crippen molar-refractivity contribution in [3.8, 4) is 0 Å². The van der Waals surface area contributed by atoms with Gasteiger partial charge in [-0.15, -0.1) is 0 Å². The third-order valence-electron chi connectivity index (χ3n) is 4.05. The molecule has 1 aliphatic heterocycles. The molecule has 0 unspecified atom stereocenters. The molecule has 2 heterocycles. The SMILES string of the molecule is C=C/N=C(\C=C/C)N1C(=O)c2nccnc2[C@@H]1CC(=O)N(C)CCNC. The molecule has 0 fully saturated rings. The number of likely N-dealkylation sites (N-methyl/N-ethyl adjacent to an activating group) is 2. The summed E-state index contributed by atoms with van der Waals surface area (Å²) in [7, 11) is 3.57. The van der Waals surface area contributed by atoms with Crippen LogP contribution in [0.4, 0.5) is 0 Å². The van der Waals surface area contributed by atoms with Crippen LogP contribution in [0.15, 0.2) is 42.3 Å². The van der Waals surface area contributed by atoms with Crippen LogP contribution in [0.1, 0.15) is 35.6 Å². The van der Waals surface area contributed by atoms with Crippen molar-refractivity contribution in [1.29, 1.82) is 0 Å². The fourth-order valence-corrected chi connectivity index (χ4v) is 2.74. The Labute approximate surface area is 153 Å². The number of carbonyl (C=O) groups is 2. The van der Waals surface area contributed by atoms with Crippen LogP contribution in [0.5, 0.6) is 0 Å². The van der Waals surface area contributed by atoms with Gasteiger partial charge in [0, 0.05) is 38.7 Å².